The fraction of sp³-hybridized carbons (Fsp3) is 0.667. The molecule has 1 N–H and O–H groups in total. The average Bonchev–Trinajstić information content (AvgIpc) is 2.29. The predicted molar refractivity (Wildman–Crippen MR) is 68.6 cm³/mol. The maximum atomic E-state index is 11.0. The minimum absolute atomic E-state index is 0.377. The smallest absolute Gasteiger partial charge is 0.301 e. The van der Waals surface area contributed by atoms with E-state index in [2.05, 4.69) is 28.7 Å². The lowest BCUT2D eigenvalue weighted by molar-refractivity contribution is 0.171. The molecule has 2 heterocycles. The van der Waals surface area contributed by atoms with Crippen LogP contribution in [0.15, 0.2) is 11.0 Å². The summed E-state index contributed by atoms with van der Waals surface area (Å²) in [5, 5.41) is 0.452. The van der Waals surface area contributed by atoms with E-state index in [-0.39, 0.29) is 5.69 Å². The Morgan fingerprint density at radius 1 is 1.47 bits per heavy atom. The topological polar surface area (TPSA) is 49.0 Å². The number of aromatic nitrogens is 2. The van der Waals surface area contributed by atoms with Crippen molar-refractivity contribution < 1.29 is 0 Å². The molecule has 0 aromatic carbocycles. The number of rotatable bonds is 2. The van der Waals surface area contributed by atoms with Crippen LogP contribution in [0.4, 0.5) is 0 Å². The van der Waals surface area contributed by atoms with E-state index >= 15 is 0 Å². The standard InChI is InChI=1S/C12H18ClN3O/c1-8(2)16-5-3-9(4-6-16)10-7-14-12(17)15-11(10)13/h7-9H,3-6H2,1-2H3,(H,14,15,17). The predicted octanol–water partition coefficient (Wildman–Crippen LogP) is 2.01. The highest BCUT2D eigenvalue weighted by Crippen LogP contribution is 2.31. The Bertz CT molecular complexity index is 436. The molecule has 0 unspecified atom stereocenters. The lowest BCUT2D eigenvalue weighted by atomic mass is 9.91. The van der Waals surface area contributed by atoms with Crippen LogP contribution in [0.5, 0.6) is 0 Å². The first-order valence-electron chi connectivity index (χ1n) is 6.06. The van der Waals surface area contributed by atoms with Crippen LogP contribution in [-0.2, 0) is 0 Å². The highest BCUT2D eigenvalue weighted by atomic mass is 35.5. The van der Waals surface area contributed by atoms with Crippen LogP contribution in [-0.4, -0.2) is 34.0 Å². The maximum Gasteiger partial charge on any atom is 0.346 e. The van der Waals surface area contributed by atoms with Gasteiger partial charge in [-0.25, -0.2) is 9.78 Å². The third-order valence-electron chi connectivity index (χ3n) is 3.49. The van der Waals surface area contributed by atoms with Crippen LogP contribution in [0.25, 0.3) is 0 Å². The molecule has 17 heavy (non-hydrogen) atoms. The van der Waals surface area contributed by atoms with Crippen LogP contribution in [0.1, 0.15) is 38.2 Å². The van der Waals surface area contributed by atoms with Gasteiger partial charge in [-0.1, -0.05) is 11.6 Å². The highest BCUT2D eigenvalue weighted by molar-refractivity contribution is 6.30. The van der Waals surface area contributed by atoms with Crippen LogP contribution >= 0.6 is 11.6 Å². The van der Waals surface area contributed by atoms with Crippen LogP contribution in [0.2, 0.25) is 5.15 Å². The summed E-state index contributed by atoms with van der Waals surface area (Å²) in [5.74, 6) is 0.418. The minimum atomic E-state index is -0.377. The number of nitrogens with one attached hydrogen (secondary N) is 1. The van der Waals surface area contributed by atoms with Crippen LogP contribution in [0.3, 0.4) is 0 Å². The molecule has 1 aromatic rings. The SMILES string of the molecule is CC(C)N1CCC(c2cnc(=O)[nH]c2Cl)CC1. The van der Waals surface area contributed by atoms with Gasteiger partial charge < -0.3 is 4.90 Å². The van der Waals surface area contributed by atoms with Crippen molar-refractivity contribution in [1.29, 1.82) is 0 Å². The van der Waals surface area contributed by atoms with Gasteiger partial charge in [0.2, 0.25) is 0 Å². The van der Waals surface area contributed by atoms with E-state index < -0.39 is 0 Å². The number of likely N-dealkylation sites (tertiary alicyclic amines) is 1. The van der Waals surface area contributed by atoms with Gasteiger partial charge in [0.05, 0.1) is 0 Å². The molecule has 1 fully saturated rings. The third kappa shape index (κ3) is 2.87. The van der Waals surface area contributed by atoms with Crippen LogP contribution in [0, 0.1) is 0 Å². The van der Waals surface area contributed by atoms with Gasteiger partial charge in [-0.15, -0.1) is 0 Å². The summed E-state index contributed by atoms with van der Waals surface area (Å²) in [6.07, 6.45) is 3.77. The van der Waals surface area contributed by atoms with Gasteiger partial charge in [-0.2, -0.15) is 0 Å². The fourth-order valence-electron chi connectivity index (χ4n) is 2.39. The molecule has 0 radical (unpaired) electrons. The summed E-state index contributed by atoms with van der Waals surface area (Å²) in [5.41, 5.74) is 0.605. The molecule has 0 saturated carbocycles. The first-order valence-corrected chi connectivity index (χ1v) is 6.44. The number of aromatic amines is 1. The van der Waals surface area contributed by atoms with Gasteiger partial charge in [0.1, 0.15) is 5.15 Å². The molecule has 94 valence electrons. The molecule has 5 heteroatoms. The number of hydrogen-bond donors (Lipinski definition) is 1. The Morgan fingerprint density at radius 3 is 2.65 bits per heavy atom. The summed E-state index contributed by atoms with van der Waals surface area (Å²) >= 11 is 6.05. The van der Waals surface area contributed by atoms with E-state index in [1.165, 1.54) is 0 Å². The Balaban J connectivity index is 2.08. The summed E-state index contributed by atoms with van der Waals surface area (Å²) < 4.78 is 0. The fourth-order valence-corrected chi connectivity index (χ4v) is 2.68. The van der Waals surface area contributed by atoms with Crippen molar-refractivity contribution in [3.63, 3.8) is 0 Å². The summed E-state index contributed by atoms with van der Waals surface area (Å²) in [4.78, 5) is 19.8. The minimum Gasteiger partial charge on any atom is -0.301 e. The second-order valence-corrected chi connectivity index (χ2v) is 5.24. The number of piperidine rings is 1. The molecule has 1 aliphatic heterocycles. The van der Waals surface area contributed by atoms with E-state index in [1.54, 1.807) is 6.20 Å². The Labute approximate surface area is 106 Å². The molecule has 0 bridgehead atoms. The highest BCUT2D eigenvalue weighted by Gasteiger charge is 2.23. The quantitative estimate of drug-likeness (QED) is 0.823. The van der Waals surface area contributed by atoms with E-state index in [0.717, 1.165) is 31.5 Å². The van der Waals surface area contributed by atoms with Crippen molar-refractivity contribution in [3.05, 3.63) is 27.4 Å². The summed E-state index contributed by atoms with van der Waals surface area (Å²) in [7, 11) is 0. The van der Waals surface area contributed by atoms with Crippen molar-refractivity contribution in [2.24, 2.45) is 0 Å². The zero-order chi connectivity index (χ0) is 12.4. The van der Waals surface area contributed by atoms with E-state index in [9.17, 15) is 4.79 Å². The van der Waals surface area contributed by atoms with Gasteiger partial charge in [0.15, 0.2) is 0 Å². The van der Waals surface area contributed by atoms with E-state index in [4.69, 9.17) is 11.6 Å². The van der Waals surface area contributed by atoms with Gasteiger partial charge in [-0.05, 0) is 45.7 Å². The molecule has 1 aliphatic rings. The molecule has 0 amide bonds. The molecular formula is C12H18ClN3O. The number of H-pyrrole nitrogens is 1. The molecule has 0 aliphatic carbocycles. The van der Waals surface area contributed by atoms with Crippen molar-refractivity contribution in [3.8, 4) is 0 Å². The first-order chi connectivity index (χ1) is 8.08. The molecule has 0 atom stereocenters. The lowest BCUT2D eigenvalue weighted by Gasteiger charge is -2.34. The van der Waals surface area contributed by atoms with Crippen molar-refractivity contribution in [2.75, 3.05) is 13.1 Å². The van der Waals surface area contributed by atoms with E-state index in [0.29, 0.717) is 17.1 Å². The van der Waals surface area contributed by atoms with Gasteiger partial charge in [0, 0.05) is 17.8 Å². The Kier molecular flexibility index (Phi) is 3.84. The second kappa shape index (κ2) is 5.19. The first kappa shape index (κ1) is 12.6. The zero-order valence-electron chi connectivity index (χ0n) is 10.2. The molecule has 1 aromatic heterocycles. The van der Waals surface area contributed by atoms with Gasteiger partial charge >= 0.3 is 5.69 Å². The second-order valence-electron chi connectivity index (χ2n) is 4.86. The average molecular weight is 256 g/mol. The zero-order valence-corrected chi connectivity index (χ0v) is 11.0. The van der Waals surface area contributed by atoms with Crippen LogP contribution < -0.4 is 5.69 Å². The van der Waals surface area contributed by atoms with Crippen molar-refractivity contribution >= 4 is 11.6 Å². The third-order valence-corrected chi connectivity index (χ3v) is 3.80. The number of nitrogens with zero attached hydrogens (tertiary/aromatic N) is 2. The monoisotopic (exact) mass is 255 g/mol. The van der Waals surface area contributed by atoms with Crippen molar-refractivity contribution in [1.82, 2.24) is 14.9 Å². The summed E-state index contributed by atoms with van der Waals surface area (Å²) in [6, 6.07) is 0.597. The molecule has 1 saturated heterocycles. The molecule has 0 spiro atoms. The van der Waals surface area contributed by atoms with Crippen molar-refractivity contribution in [2.45, 2.75) is 38.6 Å². The molecule has 4 nitrogen and oxygen atoms in total. The lowest BCUT2D eigenvalue weighted by Crippen LogP contribution is -2.38. The normalized spacial score (nSPS) is 18.8. The van der Waals surface area contributed by atoms with Gasteiger partial charge in [0.25, 0.3) is 0 Å². The Hall–Kier alpha value is -0.870. The van der Waals surface area contributed by atoms with Gasteiger partial charge in [-0.3, -0.25) is 4.98 Å². The summed E-state index contributed by atoms with van der Waals surface area (Å²) in [6.45, 7) is 6.60. The number of hydrogen-bond acceptors (Lipinski definition) is 3. The molecular weight excluding hydrogens is 238 g/mol. The maximum absolute atomic E-state index is 11.0. The Morgan fingerprint density at radius 2 is 2.12 bits per heavy atom. The number of halogens is 1. The largest absolute Gasteiger partial charge is 0.346 e. The van der Waals surface area contributed by atoms with E-state index in [1.807, 2.05) is 0 Å². The molecule has 2 rings (SSSR count).